The van der Waals surface area contributed by atoms with Crippen LogP contribution in [0, 0.1) is 5.82 Å². The maximum absolute atomic E-state index is 13.4. The summed E-state index contributed by atoms with van der Waals surface area (Å²) in [5.41, 5.74) is 0.305. The molecule has 1 aliphatic rings. The van der Waals surface area contributed by atoms with E-state index in [1.165, 1.54) is 18.2 Å². The molecule has 1 N–H and O–H groups in total. The van der Waals surface area contributed by atoms with E-state index in [2.05, 4.69) is 4.90 Å². The van der Waals surface area contributed by atoms with Crippen molar-refractivity contribution in [1.82, 2.24) is 9.80 Å². The summed E-state index contributed by atoms with van der Waals surface area (Å²) in [6.45, 7) is 1.97. The molecule has 1 aromatic rings. The molecule has 0 aromatic heterocycles. The Bertz CT molecular complexity index is 498. The molecule has 0 radical (unpaired) electrons. The number of aliphatic hydroxyl groups excluding tert-OH is 1. The number of carbonyl (C=O) groups is 1. The minimum Gasteiger partial charge on any atom is -0.396 e. The Morgan fingerprint density at radius 2 is 2.25 bits per heavy atom. The van der Waals surface area contributed by atoms with Crippen molar-refractivity contribution in [2.24, 2.45) is 0 Å². The van der Waals surface area contributed by atoms with Crippen LogP contribution < -0.4 is 0 Å². The summed E-state index contributed by atoms with van der Waals surface area (Å²) in [4.78, 5) is 16.2. The predicted octanol–water partition coefficient (Wildman–Crippen LogP) is 1.62. The van der Waals surface area contributed by atoms with Crippen molar-refractivity contribution < 1.29 is 14.3 Å². The number of rotatable bonds is 3. The van der Waals surface area contributed by atoms with E-state index in [0.29, 0.717) is 25.1 Å². The maximum atomic E-state index is 13.4. The van der Waals surface area contributed by atoms with Gasteiger partial charge in [-0.25, -0.2) is 4.39 Å². The van der Waals surface area contributed by atoms with Gasteiger partial charge in [0.05, 0.1) is 5.02 Å². The summed E-state index contributed by atoms with van der Waals surface area (Å²) < 4.78 is 13.4. The average molecular weight is 301 g/mol. The Kier molecular flexibility index (Phi) is 4.96. The number of nitrogens with zero attached hydrogens (tertiary/aromatic N) is 2. The van der Waals surface area contributed by atoms with E-state index in [9.17, 15) is 9.18 Å². The van der Waals surface area contributed by atoms with E-state index in [1.54, 1.807) is 4.90 Å². The number of carbonyl (C=O) groups excluding carboxylic acids is 1. The van der Waals surface area contributed by atoms with Crippen molar-refractivity contribution in [3.05, 3.63) is 34.6 Å². The Balaban J connectivity index is 2.10. The topological polar surface area (TPSA) is 43.8 Å². The van der Waals surface area contributed by atoms with Gasteiger partial charge in [0.25, 0.3) is 5.91 Å². The third kappa shape index (κ3) is 3.29. The van der Waals surface area contributed by atoms with Gasteiger partial charge in [0, 0.05) is 37.8 Å². The number of aliphatic hydroxyl groups is 1. The lowest BCUT2D eigenvalue weighted by atomic mass is 10.1. The van der Waals surface area contributed by atoms with E-state index < -0.39 is 5.82 Å². The van der Waals surface area contributed by atoms with Gasteiger partial charge in [-0.05, 0) is 31.7 Å². The molecule has 6 heteroatoms. The maximum Gasteiger partial charge on any atom is 0.254 e. The molecule has 20 heavy (non-hydrogen) atoms. The summed E-state index contributed by atoms with van der Waals surface area (Å²) in [6.07, 6.45) is 0.620. The van der Waals surface area contributed by atoms with E-state index >= 15 is 0 Å². The molecule has 1 heterocycles. The van der Waals surface area contributed by atoms with Gasteiger partial charge in [0.2, 0.25) is 0 Å². The number of hydrogen-bond donors (Lipinski definition) is 1. The SMILES string of the molecule is CN1CCN(C(=O)c2ccc(Cl)c(F)c2)C[C@@H]1CCO. The molecule has 0 spiro atoms. The number of halogens is 2. The van der Waals surface area contributed by atoms with Crippen molar-refractivity contribution in [3.63, 3.8) is 0 Å². The fraction of sp³-hybridized carbons (Fsp3) is 0.500. The van der Waals surface area contributed by atoms with Gasteiger partial charge in [-0.1, -0.05) is 11.6 Å². The van der Waals surface area contributed by atoms with Crippen LogP contribution in [0.2, 0.25) is 5.02 Å². The lowest BCUT2D eigenvalue weighted by Crippen LogP contribution is -2.53. The third-order valence-corrected chi connectivity index (χ3v) is 4.00. The van der Waals surface area contributed by atoms with Gasteiger partial charge in [-0.3, -0.25) is 9.69 Å². The van der Waals surface area contributed by atoms with Crippen LogP contribution in [-0.2, 0) is 0 Å². The molecule has 0 bridgehead atoms. The number of amides is 1. The lowest BCUT2D eigenvalue weighted by Gasteiger charge is -2.39. The van der Waals surface area contributed by atoms with Crippen LogP contribution in [-0.4, -0.2) is 60.1 Å². The summed E-state index contributed by atoms with van der Waals surface area (Å²) in [5, 5.41) is 9.06. The smallest absolute Gasteiger partial charge is 0.254 e. The zero-order valence-electron chi connectivity index (χ0n) is 11.4. The van der Waals surface area contributed by atoms with E-state index in [1.807, 2.05) is 7.05 Å². The standard InChI is InChI=1S/C14H18ClFN2O2/c1-17-5-6-18(9-11(17)4-7-19)14(20)10-2-3-12(15)13(16)8-10/h2-3,8,11,19H,4-7,9H2,1H3/t11-/m0/s1. The molecule has 0 unspecified atom stereocenters. The molecule has 1 aromatic carbocycles. The van der Waals surface area contributed by atoms with Gasteiger partial charge in [0.1, 0.15) is 5.82 Å². The Hall–Kier alpha value is -1.17. The van der Waals surface area contributed by atoms with Crippen LogP contribution in [0.3, 0.4) is 0 Å². The highest BCUT2D eigenvalue weighted by Crippen LogP contribution is 2.18. The zero-order chi connectivity index (χ0) is 14.7. The molecule has 0 aliphatic carbocycles. The van der Waals surface area contributed by atoms with E-state index in [0.717, 1.165) is 6.54 Å². The highest BCUT2D eigenvalue weighted by atomic mass is 35.5. The first kappa shape index (κ1) is 15.2. The normalized spacial score (nSPS) is 20.2. The zero-order valence-corrected chi connectivity index (χ0v) is 12.1. The molecular weight excluding hydrogens is 283 g/mol. The molecule has 110 valence electrons. The summed E-state index contributed by atoms with van der Waals surface area (Å²) >= 11 is 5.62. The Morgan fingerprint density at radius 1 is 1.50 bits per heavy atom. The van der Waals surface area contributed by atoms with Gasteiger partial charge in [0.15, 0.2) is 0 Å². The van der Waals surface area contributed by atoms with Gasteiger partial charge < -0.3 is 10.0 Å². The van der Waals surface area contributed by atoms with Crippen LogP contribution in [0.5, 0.6) is 0 Å². The molecule has 4 nitrogen and oxygen atoms in total. The Morgan fingerprint density at radius 3 is 2.90 bits per heavy atom. The van der Waals surface area contributed by atoms with Gasteiger partial charge >= 0.3 is 0 Å². The van der Waals surface area contributed by atoms with E-state index in [4.69, 9.17) is 16.7 Å². The molecule has 1 saturated heterocycles. The first-order chi connectivity index (χ1) is 9.52. The quantitative estimate of drug-likeness (QED) is 0.922. The fourth-order valence-corrected chi connectivity index (χ4v) is 2.52. The Labute approximate surface area is 122 Å². The van der Waals surface area contributed by atoms with Crippen LogP contribution >= 0.6 is 11.6 Å². The monoisotopic (exact) mass is 300 g/mol. The highest BCUT2D eigenvalue weighted by Gasteiger charge is 2.27. The second-order valence-corrected chi connectivity index (χ2v) is 5.43. The second kappa shape index (κ2) is 6.52. The minimum absolute atomic E-state index is 0.0121. The summed E-state index contributed by atoms with van der Waals surface area (Å²) in [6, 6.07) is 4.23. The molecular formula is C14H18ClFN2O2. The molecule has 1 atom stereocenters. The van der Waals surface area contributed by atoms with Crippen molar-refractivity contribution in [2.45, 2.75) is 12.5 Å². The minimum atomic E-state index is -0.585. The molecule has 0 saturated carbocycles. The van der Waals surface area contributed by atoms with Crippen LogP contribution in [0.15, 0.2) is 18.2 Å². The van der Waals surface area contributed by atoms with Crippen molar-refractivity contribution in [3.8, 4) is 0 Å². The molecule has 1 aliphatic heterocycles. The summed E-state index contributed by atoms with van der Waals surface area (Å²) in [7, 11) is 1.98. The molecule has 1 fully saturated rings. The average Bonchev–Trinajstić information content (AvgIpc) is 2.44. The number of hydrogen-bond acceptors (Lipinski definition) is 3. The van der Waals surface area contributed by atoms with Crippen LogP contribution in [0.1, 0.15) is 16.8 Å². The first-order valence-corrected chi connectivity index (χ1v) is 6.96. The highest BCUT2D eigenvalue weighted by molar-refractivity contribution is 6.30. The predicted molar refractivity (Wildman–Crippen MR) is 75.4 cm³/mol. The molecule has 2 rings (SSSR count). The second-order valence-electron chi connectivity index (χ2n) is 5.03. The van der Waals surface area contributed by atoms with Crippen molar-refractivity contribution in [2.75, 3.05) is 33.3 Å². The number of benzene rings is 1. The van der Waals surface area contributed by atoms with Crippen molar-refractivity contribution >= 4 is 17.5 Å². The van der Waals surface area contributed by atoms with Crippen LogP contribution in [0.4, 0.5) is 4.39 Å². The van der Waals surface area contributed by atoms with Gasteiger partial charge in [-0.15, -0.1) is 0 Å². The summed E-state index contributed by atoms with van der Waals surface area (Å²) in [5.74, 6) is -0.782. The largest absolute Gasteiger partial charge is 0.396 e. The van der Waals surface area contributed by atoms with Crippen LogP contribution in [0.25, 0.3) is 0 Å². The third-order valence-electron chi connectivity index (χ3n) is 3.69. The first-order valence-electron chi connectivity index (χ1n) is 6.58. The lowest BCUT2D eigenvalue weighted by molar-refractivity contribution is 0.0500. The van der Waals surface area contributed by atoms with Crippen molar-refractivity contribution in [1.29, 1.82) is 0 Å². The number of piperazine rings is 1. The molecule has 1 amide bonds. The van der Waals surface area contributed by atoms with E-state index in [-0.39, 0.29) is 23.6 Å². The number of likely N-dealkylation sites (N-methyl/N-ethyl adjacent to an activating group) is 1. The van der Waals surface area contributed by atoms with Gasteiger partial charge in [-0.2, -0.15) is 0 Å². The fourth-order valence-electron chi connectivity index (χ4n) is 2.40.